The lowest BCUT2D eigenvalue weighted by atomic mass is 9.91. The zero-order valence-corrected chi connectivity index (χ0v) is 16.1. The minimum Gasteiger partial charge on any atom is -0.508 e. The molecule has 0 amide bonds. The van der Waals surface area contributed by atoms with E-state index in [9.17, 15) is 14.7 Å². The topological polar surface area (TPSA) is 76.7 Å². The van der Waals surface area contributed by atoms with Crippen LogP contribution in [0.2, 0.25) is 0 Å². The number of phenolic OH excluding ortho intramolecular Hbond substituents is 1. The van der Waals surface area contributed by atoms with Gasteiger partial charge in [-0.2, -0.15) is 0 Å². The van der Waals surface area contributed by atoms with Crippen molar-refractivity contribution < 1.29 is 19.1 Å². The first-order chi connectivity index (χ1) is 13.9. The number of ether oxygens (including phenoxy) is 1. The van der Waals surface area contributed by atoms with Crippen molar-refractivity contribution in [2.24, 2.45) is 5.92 Å². The number of esters is 1. The molecule has 0 saturated heterocycles. The van der Waals surface area contributed by atoms with Gasteiger partial charge < -0.3 is 14.3 Å². The van der Waals surface area contributed by atoms with Gasteiger partial charge in [0, 0.05) is 28.6 Å². The summed E-state index contributed by atoms with van der Waals surface area (Å²) in [7, 11) is 0. The largest absolute Gasteiger partial charge is 0.508 e. The van der Waals surface area contributed by atoms with Crippen molar-refractivity contribution in [1.82, 2.24) is 0 Å². The standard InChI is InChI=1S/C24H20O5/c1-14(2)13-28-24(27)18-6-4-3-5-17(18)23-19-9-7-15(25)11-21(19)29-22-12-16(26)8-10-20(22)23/h3-12,14,25H,13H2,1-2H3. The van der Waals surface area contributed by atoms with Crippen LogP contribution in [0.4, 0.5) is 0 Å². The van der Waals surface area contributed by atoms with Crippen LogP contribution >= 0.6 is 0 Å². The lowest BCUT2D eigenvalue weighted by molar-refractivity contribution is 0.0460. The molecule has 0 radical (unpaired) electrons. The summed E-state index contributed by atoms with van der Waals surface area (Å²) in [5, 5.41) is 10.6. The Morgan fingerprint density at radius 3 is 2.62 bits per heavy atom. The summed E-state index contributed by atoms with van der Waals surface area (Å²) in [6.45, 7) is 4.28. The maximum absolute atomic E-state index is 12.8. The van der Waals surface area contributed by atoms with Gasteiger partial charge in [0.15, 0.2) is 5.43 Å². The molecule has 1 aliphatic heterocycles. The maximum Gasteiger partial charge on any atom is 0.338 e. The van der Waals surface area contributed by atoms with Crippen molar-refractivity contribution in [2.45, 2.75) is 13.8 Å². The lowest BCUT2D eigenvalue weighted by Crippen LogP contribution is -2.11. The molecule has 2 aliphatic rings. The number of rotatable bonds is 4. The second-order valence-electron chi connectivity index (χ2n) is 7.35. The molecule has 0 atom stereocenters. The molecule has 0 unspecified atom stereocenters. The molecule has 4 rings (SSSR count). The van der Waals surface area contributed by atoms with E-state index in [2.05, 4.69) is 0 Å². The minimum absolute atomic E-state index is 0.0504. The van der Waals surface area contributed by atoms with Gasteiger partial charge in [-0.05, 0) is 41.8 Å². The molecule has 1 N–H and O–H groups in total. The van der Waals surface area contributed by atoms with Gasteiger partial charge in [0.2, 0.25) is 0 Å². The first-order valence-electron chi connectivity index (χ1n) is 9.40. The molecule has 1 aliphatic carbocycles. The summed E-state index contributed by atoms with van der Waals surface area (Å²) in [4.78, 5) is 24.7. The van der Waals surface area contributed by atoms with E-state index in [1.807, 2.05) is 26.0 Å². The van der Waals surface area contributed by atoms with E-state index in [4.69, 9.17) is 9.15 Å². The predicted molar refractivity (Wildman–Crippen MR) is 111 cm³/mol. The van der Waals surface area contributed by atoms with Gasteiger partial charge in [0.25, 0.3) is 0 Å². The van der Waals surface area contributed by atoms with E-state index in [1.54, 1.807) is 30.3 Å². The molecule has 0 spiro atoms. The summed E-state index contributed by atoms with van der Waals surface area (Å²) in [6, 6.07) is 16.6. The minimum atomic E-state index is -0.407. The van der Waals surface area contributed by atoms with Gasteiger partial charge in [-0.25, -0.2) is 4.79 Å². The average Bonchev–Trinajstić information content (AvgIpc) is 2.70. The van der Waals surface area contributed by atoms with Crippen molar-refractivity contribution in [3.05, 3.63) is 76.5 Å². The van der Waals surface area contributed by atoms with Crippen LogP contribution in [0, 0.1) is 5.92 Å². The Morgan fingerprint density at radius 2 is 1.83 bits per heavy atom. The van der Waals surface area contributed by atoms with E-state index in [1.165, 1.54) is 18.2 Å². The van der Waals surface area contributed by atoms with Crippen molar-refractivity contribution in [1.29, 1.82) is 0 Å². The van der Waals surface area contributed by atoms with Crippen LogP contribution in [0.5, 0.6) is 5.75 Å². The molecule has 5 heteroatoms. The third-order valence-corrected chi connectivity index (χ3v) is 4.64. The normalized spacial score (nSPS) is 11.3. The monoisotopic (exact) mass is 388 g/mol. The Balaban J connectivity index is 2.01. The summed E-state index contributed by atoms with van der Waals surface area (Å²) < 4.78 is 11.3. The van der Waals surface area contributed by atoms with Crippen LogP contribution in [-0.2, 0) is 4.74 Å². The number of hydrogen-bond donors (Lipinski definition) is 1. The predicted octanol–water partition coefficient (Wildman–Crippen LogP) is 5.08. The second-order valence-corrected chi connectivity index (χ2v) is 7.35. The fraction of sp³-hybridized carbons (Fsp3) is 0.167. The Hall–Kier alpha value is -3.60. The van der Waals surface area contributed by atoms with Crippen LogP contribution < -0.4 is 5.43 Å². The van der Waals surface area contributed by atoms with Crippen LogP contribution in [0.1, 0.15) is 24.2 Å². The zero-order valence-electron chi connectivity index (χ0n) is 16.1. The molecule has 146 valence electrons. The van der Waals surface area contributed by atoms with Gasteiger partial charge in [0.05, 0.1) is 12.2 Å². The second kappa shape index (κ2) is 7.43. The number of carbonyl (C=O) groups excluding carboxylic acids is 1. The van der Waals surface area contributed by atoms with E-state index < -0.39 is 5.97 Å². The van der Waals surface area contributed by atoms with Crippen molar-refractivity contribution >= 4 is 16.9 Å². The lowest BCUT2D eigenvalue weighted by Gasteiger charge is -2.17. The Morgan fingerprint density at radius 1 is 1.03 bits per heavy atom. The molecule has 2 aromatic rings. The van der Waals surface area contributed by atoms with Crippen molar-refractivity contribution in [3.63, 3.8) is 0 Å². The Bertz CT molecular complexity index is 1240. The van der Waals surface area contributed by atoms with E-state index in [0.29, 0.717) is 34.6 Å². The third-order valence-electron chi connectivity index (χ3n) is 4.64. The molecule has 1 heterocycles. The Kier molecular flexibility index (Phi) is 4.80. The summed E-state index contributed by atoms with van der Waals surface area (Å²) in [5.74, 6) is 0.253. The fourth-order valence-corrected chi connectivity index (χ4v) is 3.35. The van der Waals surface area contributed by atoms with Crippen molar-refractivity contribution in [3.8, 4) is 28.2 Å². The highest BCUT2D eigenvalue weighted by Crippen LogP contribution is 2.41. The molecule has 5 nitrogen and oxygen atoms in total. The quantitative estimate of drug-likeness (QED) is 0.390. The van der Waals surface area contributed by atoms with Crippen LogP contribution in [0.15, 0.2) is 69.9 Å². The van der Waals surface area contributed by atoms with E-state index >= 15 is 0 Å². The third kappa shape index (κ3) is 3.59. The van der Waals surface area contributed by atoms with Gasteiger partial charge in [0.1, 0.15) is 17.1 Å². The SMILES string of the molecule is CC(C)COC(=O)c1ccccc1-c1c2ccc(=O)cc-2oc2cc(O)ccc12. The molecule has 0 aromatic heterocycles. The first kappa shape index (κ1) is 18.7. The summed E-state index contributed by atoms with van der Waals surface area (Å²) >= 11 is 0. The molecule has 0 bridgehead atoms. The van der Waals surface area contributed by atoms with Crippen LogP contribution in [0.25, 0.3) is 33.4 Å². The molecular formula is C24H20O5. The van der Waals surface area contributed by atoms with Crippen LogP contribution in [0.3, 0.4) is 0 Å². The first-order valence-corrected chi connectivity index (χ1v) is 9.40. The molecular weight excluding hydrogens is 368 g/mol. The summed E-state index contributed by atoms with van der Waals surface area (Å²) in [5.41, 5.74) is 2.79. The summed E-state index contributed by atoms with van der Waals surface area (Å²) in [6.07, 6.45) is 0. The average molecular weight is 388 g/mol. The molecule has 2 aromatic carbocycles. The van der Waals surface area contributed by atoms with Crippen molar-refractivity contribution in [2.75, 3.05) is 6.61 Å². The van der Waals surface area contributed by atoms with Gasteiger partial charge in [-0.15, -0.1) is 0 Å². The molecule has 29 heavy (non-hydrogen) atoms. The number of aromatic hydroxyl groups is 1. The van der Waals surface area contributed by atoms with Gasteiger partial charge in [-0.1, -0.05) is 32.0 Å². The van der Waals surface area contributed by atoms with E-state index in [-0.39, 0.29) is 17.1 Å². The number of fused-ring (bicyclic) bond motifs is 2. The number of phenols is 1. The number of hydrogen-bond acceptors (Lipinski definition) is 5. The maximum atomic E-state index is 12.8. The van der Waals surface area contributed by atoms with Gasteiger partial charge in [-0.3, -0.25) is 4.79 Å². The highest BCUT2D eigenvalue weighted by Gasteiger charge is 2.22. The van der Waals surface area contributed by atoms with E-state index in [0.717, 1.165) is 10.9 Å². The van der Waals surface area contributed by atoms with Gasteiger partial charge >= 0.3 is 5.97 Å². The number of carbonyl (C=O) groups is 1. The smallest absolute Gasteiger partial charge is 0.338 e. The molecule has 0 fully saturated rings. The molecule has 0 saturated carbocycles. The highest BCUT2D eigenvalue weighted by molar-refractivity contribution is 6.07. The highest BCUT2D eigenvalue weighted by atomic mass is 16.5. The zero-order chi connectivity index (χ0) is 20.5. The fourth-order valence-electron chi connectivity index (χ4n) is 3.35. The van der Waals surface area contributed by atoms with Crippen LogP contribution in [-0.4, -0.2) is 17.7 Å². The number of benzene rings is 3. The Labute approximate surface area is 167 Å².